The lowest BCUT2D eigenvalue weighted by Crippen LogP contribution is -2.61. The van der Waals surface area contributed by atoms with E-state index in [1.165, 1.54) is 0 Å². The number of alkyl carbamates (subject to hydrolysis) is 1. The van der Waals surface area contributed by atoms with Gasteiger partial charge in [-0.3, -0.25) is 4.79 Å². The molecule has 0 spiro atoms. The van der Waals surface area contributed by atoms with E-state index in [1.807, 2.05) is 44.2 Å². The number of ether oxygens (including phenoxy) is 1. The highest BCUT2D eigenvalue weighted by atomic mass is 16.6. The van der Waals surface area contributed by atoms with Gasteiger partial charge in [-0.15, -0.1) is 0 Å². The number of carbonyl (C=O) groups is 2. The van der Waals surface area contributed by atoms with E-state index in [1.54, 1.807) is 0 Å². The molecule has 7 heteroatoms. The number of benzene rings is 1. The molecular weight excluding hydrogens is 420 g/mol. The Morgan fingerprint density at radius 2 is 1.85 bits per heavy atom. The average Bonchev–Trinajstić information content (AvgIpc) is 2.81. The molecule has 0 aliphatic heterocycles. The molecular formula is C26H40N2O5. The van der Waals surface area contributed by atoms with E-state index < -0.39 is 23.7 Å². The summed E-state index contributed by atoms with van der Waals surface area (Å²) in [5.41, 5.74) is 0.0695. The maximum Gasteiger partial charge on any atom is 0.407 e. The minimum Gasteiger partial charge on any atom is -0.446 e. The Hall–Kier alpha value is -2.12. The topological polar surface area (TPSA) is 108 Å². The molecule has 2 amide bonds. The van der Waals surface area contributed by atoms with Crippen LogP contribution in [0.2, 0.25) is 0 Å². The SMILES string of the molecule is CCCNC(=O)O[C@H]1CC[C@@]2(C)[C@@H](CC[C@@H](O)[C@H]2CC(=O)NCc2ccccc2)[C@]1(C)CO. The van der Waals surface area contributed by atoms with Crippen LogP contribution in [0, 0.1) is 22.7 Å². The van der Waals surface area contributed by atoms with E-state index in [9.17, 15) is 19.8 Å². The van der Waals surface area contributed by atoms with Crippen molar-refractivity contribution in [3.05, 3.63) is 35.9 Å². The van der Waals surface area contributed by atoms with Gasteiger partial charge in [-0.05, 0) is 54.9 Å². The number of aliphatic hydroxyl groups excluding tert-OH is 2. The molecule has 1 aromatic carbocycles. The summed E-state index contributed by atoms with van der Waals surface area (Å²) in [5.74, 6) is -0.261. The molecule has 7 nitrogen and oxygen atoms in total. The van der Waals surface area contributed by atoms with Gasteiger partial charge in [0, 0.05) is 24.9 Å². The minimum atomic E-state index is -0.630. The Balaban J connectivity index is 1.72. The van der Waals surface area contributed by atoms with Crippen molar-refractivity contribution in [2.45, 2.75) is 78.0 Å². The monoisotopic (exact) mass is 460 g/mol. The van der Waals surface area contributed by atoms with Gasteiger partial charge in [0.05, 0.1) is 12.7 Å². The largest absolute Gasteiger partial charge is 0.446 e. The Morgan fingerprint density at radius 1 is 1.12 bits per heavy atom. The molecule has 0 radical (unpaired) electrons. The smallest absolute Gasteiger partial charge is 0.407 e. The lowest BCUT2D eigenvalue weighted by atomic mass is 9.46. The Kier molecular flexibility index (Phi) is 8.40. The maximum atomic E-state index is 12.8. The Labute approximate surface area is 197 Å². The van der Waals surface area contributed by atoms with Crippen LogP contribution in [0.5, 0.6) is 0 Å². The van der Waals surface area contributed by atoms with Crippen LogP contribution in [-0.4, -0.2) is 47.6 Å². The maximum absolute atomic E-state index is 12.8. The zero-order valence-corrected chi connectivity index (χ0v) is 20.2. The highest BCUT2D eigenvalue weighted by Crippen LogP contribution is 2.61. The van der Waals surface area contributed by atoms with Crippen LogP contribution in [0.15, 0.2) is 30.3 Å². The van der Waals surface area contributed by atoms with Crippen LogP contribution in [0.1, 0.15) is 64.9 Å². The molecule has 0 unspecified atom stereocenters. The first-order chi connectivity index (χ1) is 15.7. The molecule has 0 bridgehead atoms. The summed E-state index contributed by atoms with van der Waals surface area (Å²) in [6.45, 7) is 7.00. The molecule has 2 saturated carbocycles. The standard InChI is InChI=1S/C26H40N2O5/c1-4-14-27-24(32)33-22-12-13-25(2)19(20(30)10-11-21(25)26(22,3)17-29)15-23(31)28-16-18-8-6-5-7-9-18/h5-9,19-22,29-30H,4,10-17H2,1-3H3,(H,27,32)(H,28,31)/t19-,20-,21-,22+,25-,26+/m1/s1. The molecule has 2 aliphatic carbocycles. The number of hydrogen-bond acceptors (Lipinski definition) is 5. The van der Waals surface area contributed by atoms with E-state index in [4.69, 9.17) is 4.74 Å². The van der Waals surface area contributed by atoms with Crippen molar-refractivity contribution in [2.24, 2.45) is 22.7 Å². The van der Waals surface area contributed by atoms with Crippen LogP contribution in [0.4, 0.5) is 4.79 Å². The van der Waals surface area contributed by atoms with E-state index >= 15 is 0 Å². The number of aliphatic hydroxyl groups is 2. The Bertz CT molecular complexity index is 803. The summed E-state index contributed by atoms with van der Waals surface area (Å²) in [7, 11) is 0. The lowest BCUT2D eigenvalue weighted by molar-refractivity contribution is -0.186. The molecule has 6 atom stereocenters. The highest BCUT2D eigenvalue weighted by Gasteiger charge is 2.60. The normalized spacial score (nSPS) is 33.6. The third-order valence-corrected chi connectivity index (χ3v) is 8.18. The number of carbonyl (C=O) groups excluding carboxylic acids is 2. The van der Waals surface area contributed by atoms with Crippen LogP contribution >= 0.6 is 0 Å². The number of fused-ring (bicyclic) bond motifs is 1. The summed E-state index contributed by atoms with van der Waals surface area (Å²) in [5, 5.41) is 27.1. The molecule has 4 N–H and O–H groups in total. The van der Waals surface area contributed by atoms with Gasteiger partial charge in [0.25, 0.3) is 0 Å². The first-order valence-corrected chi connectivity index (χ1v) is 12.3. The van der Waals surface area contributed by atoms with E-state index in [2.05, 4.69) is 17.6 Å². The van der Waals surface area contributed by atoms with Crippen molar-refractivity contribution < 1.29 is 24.5 Å². The molecule has 33 heavy (non-hydrogen) atoms. The van der Waals surface area contributed by atoms with Crippen LogP contribution in [0.3, 0.4) is 0 Å². The van der Waals surface area contributed by atoms with Gasteiger partial charge >= 0.3 is 6.09 Å². The second-order valence-electron chi connectivity index (χ2n) is 10.3. The third-order valence-electron chi connectivity index (χ3n) is 8.18. The van der Waals surface area contributed by atoms with Crippen molar-refractivity contribution >= 4 is 12.0 Å². The third kappa shape index (κ3) is 5.52. The molecule has 3 rings (SSSR count). The van der Waals surface area contributed by atoms with Crippen LogP contribution in [-0.2, 0) is 16.1 Å². The van der Waals surface area contributed by atoms with Crippen LogP contribution in [0.25, 0.3) is 0 Å². The summed E-state index contributed by atoms with van der Waals surface area (Å²) in [4.78, 5) is 25.1. The van der Waals surface area contributed by atoms with Crippen molar-refractivity contribution in [1.82, 2.24) is 10.6 Å². The van der Waals surface area contributed by atoms with Crippen molar-refractivity contribution in [2.75, 3.05) is 13.2 Å². The second-order valence-corrected chi connectivity index (χ2v) is 10.3. The van der Waals surface area contributed by atoms with Crippen molar-refractivity contribution in [3.63, 3.8) is 0 Å². The fraction of sp³-hybridized carbons (Fsp3) is 0.692. The molecule has 0 heterocycles. The Morgan fingerprint density at radius 3 is 2.52 bits per heavy atom. The number of nitrogens with one attached hydrogen (secondary N) is 2. The van der Waals surface area contributed by atoms with E-state index in [0.717, 1.165) is 24.8 Å². The highest BCUT2D eigenvalue weighted by molar-refractivity contribution is 5.76. The molecule has 1 aromatic rings. The van der Waals surface area contributed by atoms with Gasteiger partial charge in [-0.25, -0.2) is 4.79 Å². The number of rotatable bonds is 8. The zero-order valence-electron chi connectivity index (χ0n) is 20.2. The average molecular weight is 461 g/mol. The van der Waals surface area contributed by atoms with Gasteiger partial charge in [-0.1, -0.05) is 51.1 Å². The number of hydrogen-bond donors (Lipinski definition) is 4. The molecule has 2 fully saturated rings. The van der Waals surface area contributed by atoms with Gasteiger partial charge in [0.1, 0.15) is 6.10 Å². The van der Waals surface area contributed by atoms with Crippen molar-refractivity contribution in [1.29, 1.82) is 0 Å². The van der Waals surface area contributed by atoms with Gasteiger partial charge in [0.15, 0.2) is 0 Å². The predicted molar refractivity (Wildman–Crippen MR) is 126 cm³/mol. The van der Waals surface area contributed by atoms with Gasteiger partial charge in [-0.2, -0.15) is 0 Å². The van der Waals surface area contributed by atoms with E-state index in [0.29, 0.717) is 25.9 Å². The number of amides is 2. The quantitative estimate of drug-likeness (QED) is 0.476. The minimum absolute atomic E-state index is 0.0306. The van der Waals surface area contributed by atoms with Crippen LogP contribution < -0.4 is 10.6 Å². The van der Waals surface area contributed by atoms with E-state index in [-0.39, 0.29) is 36.2 Å². The lowest BCUT2D eigenvalue weighted by Gasteiger charge is -2.60. The first-order valence-electron chi connectivity index (χ1n) is 12.3. The van der Waals surface area contributed by atoms with Gasteiger partial charge in [0.2, 0.25) is 5.91 Å². The summed E-state index contributed by atoms with van der Waals surface area (Å²) >= 11 is 0. The zero-order chi connectivity index (χ0) is 24.1. The summed E-state index contributed by atoms with van der Waals surface area (Å²) in [6.07, 6.45) is 2.27. The summed E-state index contributed by atoms with van der Waals surface area (Å²) < 4.78 is 5.77. The molecule has 2 aliphatic rings. The fourth-order valence-corrected chi connectivity index (χ4v) is 6.25. The predicted octanol–water partition coefficient (Wildman–Crippen LogP) is 3.38. The van der Waals surface area contributed by atoms with Gasteiger partial charge < -0.3 is 25.6 Å². The fourth-order valence-electron chi connectivity index (χ4n) is 6.25. The van der Waals surface area contributed by atoms with Crippen molar-refractivity contribution in [3.8, 4) is 0 Å². The summed E-state index contributed by atoms with van der Waals surface area (Å²) in [6, 6.07) is 9.76. The molecule has 184 valence electrons. The first kappa shape index (κ1) is 25.5. The molecule has 0 saturated heterocycles. The molecule has 0 aromatic heterocycles. The second kappa shape index (κ2) is 10.9.